The number of hydrogen-bond acceptors (Lipinski definition) is 5. The van der Waals surface area contributed by atoms with Crippen LogP contribution in [0.1, 0.15) is 27.2 Å². The zero-order chi connectivity index (χ0) is 14.1. The molecule has 6 heteroatoms. The molecule has 19 heavy (non-hydrogen) atoms. The topological polar surface area (TPSA) is 70.2 Å². The summed E-state index contributed by atoms with van der Waals surface area (Å²) in [4.78, 5) is 22.0. The number of carbonyl (C=O) groups excluding carboxylic acids is 1. The Balaban J connectivity index is 2.50. The van der Waals surface area contributed by atoms with Crippen molar-refractivity contribution >= 4 is 17.5 Å². The van der Waals surface area contributed by atoms with Gasteiger partial charge in [-0.1, -0.05) is 6.92 Å². The van der Waals surface area contributed by atoms with Gasteiger partial charge in [-0.15, -0.1) is 0 Å². The van der Waals surface area contributed by atoms with E-state index < -0.39 is 0 Å². The Morgan fingerprint density at radius 3 is 2.37 bits per heavy atom. The third kappa shape index (κ3) is 5.11. The molecular formula is C13H23N5O. The number of anilines is 2. The smallest absolute Gasteiger partial charge is 0.241 e. The van der Waals surface area contributed by atoms with Gasteiger partial charge < -0.3 is 15.5 Å². The van der Waals surface area contributed by atoms with Crippen LogP contribution in [0.15, 0.2) is 12.4 Å². The highest BCUT2D eigenvalue weighted by molar-refractivity contribution is 5.80. The Labute approximate surface area is 114 Å². The number of nitrogens with one attached hydrogen (secondary N) is 2. The van der Waals surface area contributed by atoms with Gasteiger partial charge in [0.25, 0.3) is 0 Å². The van der Waals surface area contributed by atoms with Gasteiger partial charge >= 0.3 is 0 Å². The highest BCUT2D eigenvalue weighted by Crippen LogP contribution is 2.06. The van der Waals surface area contributed by atoms with Crippen molar-refractivity contribution in [2.24, 2.45) is 0 Å². The first-order valence-corrected chi connectivity index (χ1v) is 6.78. The second-order valence-corrected chi connectivity index (χ2v) is 4.14. The lowest BCUT2D eigenvalue weighted by atomic mass is 10.4. The molecule has 1 amide bonds. The standard InChI is InChI=1S/C13H23N5O/c1-4-7-15-11-8-14-9-12(17-11)16-10-13(19)18(5-2)6-3/h8-9H,4-7,10H2,1-3H3,(H2,15,16,17). The molecule has 0 fully saturated rings. The molecule has 106 valence electrons. The summed E-state index contributed by atoms with van der Waals surface area (Å²) in [7, 11) is 0. The zero-order valence-corrected chi connectivity index (χ0v) is 11.9. The lowest BCUT2D eigenvalue weighted by Crippen LogP contribution is -2.35. The first kappa shape index (κ1) is 15.2. The van der Waals surface area contributed by atoms with E-state index in [1.807, 2.05) is 13.8 Å². The van der Waals surface area contributed by atoms with E-state index in [4.69, 9.17) is 0 Å². The molecule has 1 aromatic rings. The van der Waals surface area contributed by atoms with Gasteiger partial charge in [0.15, 0.2) is 0 Å². The number of carbonyl (C=O) groups is 1. The summed E-state index contributed by atoms with van der Waals surface area (Å²) in [5.74, 6) is 1.41. The van der Waals surface area contributed by atoms with Crippen molar-refractivity contribution in [3.63, 3.8) is 0 Å². The highest BCUT2D eigenvalue weighted by atomic mass is 16.2. The van der Waals surface area contributed by atoms with Crippen molar-refractivity contribution in [2.75, 3.05) is 36.8 Å². The SMILES string of the molecule is CCCNc1cncc(NCC(=O)N(CC)CC)n1. The quantitative estimate of drug-likeness (QED) is 0.747. The molecule has 6 nitrogen and oxygen atoms in total. The minimum atomic E-state index is 0.0683. The Morgan fingerprint density at radius 1 is 1.16 bits per heavy atom. The molecule has 0 aliphatic heterocycles. The average molecular weight is 265 g/mol. The minimum absolute atomic E-state index is 0.0683. The van der Waals surface area contributed by atoms with E-state index >= 15 is 0 Å². The van der Waals surface area contributed by atoms with Crippen LogP contribution in [0.4, 0.5) is 11.6 Å². The van der Waals surface area contributed by atoms with Gasteiger partial charge in [-0.3, -0.25) is 9.78 Å². The monoisotopic (exact) mass is 265 g/mol. The van der Waals surface area contributed by atoms with E-state index in [1.54, 1.807) is 17.3 Å². The first-order valence-electron chi connectivity index (χ1n) is 6.78. The largest absolute Gasteiger partial charge is 0.369 e. The summed E-state index contributed by atoms with van der Waals surface area (Å²) in [5, 5.41) is 6.16. The molecule has 1 aromatic heterocycles. The summed E-state index contributed by atoms with van der Waals surface area (Å²) in [6.45, 7) is 8.57. The molecule has 0 spiro atoms. The van der Waals surface area contributed by atoms with Crippen LogP contribution in [-0.2, 0) is 4.79 Å². The average Bonchev–Trinajstić information content (AvgIpc) is 2.44. The third-order valence-electron chi connectivity index (χ3n) is 2.73. The molecule has 0 atom stereocenters. The van der Waals surface area contributed by atoms with Crippen molar-refractivity contribution in [1.29, 1.82) is 0 Å². The molecule has 1 heterocycles. The van der Waals surface area contributed by atoms with Crippen molar-refractivity contribution in [3.05, 3.63) is 12.4 Å². The van der Waals surface area contributed by atoms with Crippen LogP contribution in [0, 0.1) is 0 Å². The molecule has 0 unspecified atom stereocenters. The van der Waals surface area contributed by atoms with Crippen molar-refractivity contribution in [3.8, 4) is 0 Å². The summed E-state index contributed by atoms with van der Waals surface area (Å²) in [6.07, 6.45) is 4.32. The molecule has 0 aliphatic rings. The number of nitrogens with zero attached hydrogens (tertiary/aromatic N) is 3. The van der Waals surface area contributed by atoms with Gasteiger partial charge in [-0.25, -0.2) is 4.98 Å². The van der Waals surface area contributed by atoms with Crippen LogP contribution in [0.25, 0.3) is 0 Å². The first-order chi connectivity index (χ1) is 9.21. The minimum Gasteiger partial charge on any atom is -0.369 e. The highest BCUT2D eigenvalue weighted by Gasteiger charge is 2.09. The summed E-state index contributed by atoms with van der Waals surface area (Å²) < 4.78 is 0. The molecule has 1 rings (SSSR count). The molecule has 0 saturated carbocycles. The maximum Gasteiger partial charge on any atom is 0.241 e. The Kier molecular flexibility index (Phi) is 6.63. The van der Waals surface area contributed by atoms with Gasteiger partial charge in [-0.05, 0) is 20.3 Å². The van der Waals surface area contributed by atoms with E-state index in [0.29, 0.717) is 5.82 Å². The lowest BCUT2D eigenvalue weighted by molar-refractivity contribution is -0.128. The fourth-order valence-corrected chi connectivity index (χ4v) is 1.64. The molecule has 0 aromatic carbocycles. The van der Waals surface area contributed by atoms with E-state index in [-0.39, 0.29) is 12.5 Å². The molecule has 0 aliphatic carbocycles. The molecule has 0 saturated heterocycles. The lowest BCUT2D eigenvalue weighted by Gasteiger charge is -2.18. The van der Waals surface area contributed by atoms with Gasteiger partial charge in [0.2, 0.25) is 5.91 Å². The van der Waals surface area contributed by atoms with E-state index in [2.05, 4.69) is 27.5 Å². The number of aromatic nitrogens is 2. The molecule has 0 radical (unpaired) electrons. The summed E-state index contributed by atoms with van der Waals surface area (Å²) in [6, 6.07) is 0. The summed E-state index contributed by atoms with van der Waals surface area (Å²) in [5.41, 5.74) is 0. The van der Waals surface area contributed by atoms with Gasteiger partial charge in [0.05, 0.1) is 18.9 Å². The van der Waals surface area contributed by atoms with Crippen molar-refractivity contribution in [2.45, 2.75) is 27.2 Å². The van der Waals surface area contributed by atoms with E-state index in [0.717, 1.165) is 31.9 Å². The van der Waals surface area contributed by atoms with Crippen LogP contribution in [0.2, 0.25) is 0 Å². The maximum absolute atomic E-state index is 11.8. The van der Waals surface area contributed by atoms with Crippen LogP contribution in [-0.4, -0.2) is 47.0 Å². The molecular weight excluding hydrogens is 242 g/mol. The third-order valence-corrected chi connectivity index (χ3v) is 2.73. The number of likely N-dealkylation sites (N-methyl/N-ethyl adjacent to an activating group) is 1. The fourth-order valence-electron chi connectivity index (χ4n) is 1.64. The second kappa shape index (κ2) is 8.29. The zero-order valence-electron chi connectivity index (χ0n) is 11.9. The van der Waals surface area contributed by atoms with Gasteiger partial charge in [0, 0.05) is 19.6 Å². The van der Waals surface area contributed by atoms with Crippen LogP contribution < -0.4 is 10.6 Å². The Hall–Kier alpha value is -1.85. The van der Waals surface area contributed by atoms with Crippen molar-refractivity contribution < 1.29 is 4.79 Å². The fraction of sp³-hybridized carbons (Fsp3) is 0.615. The van der Waals surface area contributed by atoms with E-state index in [1.165, 1.54) is 0 Å². The maximum atomic E-state index is 11.8. The Bertz CT molecular complexity index is 392. The summed E-state index contributed by atoms with van der Waals surface area (Å²) >= 11 is 0. The van der Waals surface area contributed by atoms with Gasteiger partial charge in [0.1, 0.15) is 11.6 Å². The van der Waals surface area contributed by atoms with Crippen LogP contribution in [0.5, 0.6) is 0 Å². The van der Waals surface area contributed by atoms with Crippen molar-refractivity contribution in [1.82, 2.24) is 14.9 Å². The molecule has 0 bridgehead atoms. The van der Waals surface area contributed by atoms with Gasteiger partial charge in [-0.2, -0.15) is 0 Å². The predicted octanol–water partition coefficient (Wildman–Crippen LogP) is 1.58. The number of amides is 1. The Morgan fingerprint density at radius 2 is 1.79 bits per heavy atom. The molecule has 2 N–H and O–H groups in total. The van der Waals surface area contributed by atoms with E-state index in [9.17, 15) is 4.79 Å². The normalized spacial score (nSPS) is 10.1. The second-order valence-electron chi connectivity index (χ2n) is 4.14. The predicted molar refractivity (Wildman–Crippen MR) is 77.2 cm³/mol. The number of hydrogen-bond donors (Lipinski definition) is 2. The van der Waals surface area contributed by atoms with Crippen LogP contribution in [0.3, 0.4) is 0 Å². The number of rotatable bonds is 8. The van der Waals surface area contributed by atoms with Crippen LogP contribution >= 0.6 is 0 Å².